The van der Waals surface area contributed by atoms with Crippen LogP contribution in [0.15, 0.2) is 16.3 Å². The Morgan fingerprint density at radius 2 is 2.00 bits per heavy atom. The zero-order valence-corrected chi connectivity index (χ0v) is 16.4. The SMILES string of the molecule is CCCC(=NC(C)(C)C)C1=C(O)CC(C[C@H](C)SCC)CC1=O. The molecule has 0 spiro atoms. The predicted molar refractivity (Wildman–Crippen MR) is 102 cm³/mol. The number of hydrogen-bond acceptors (Lipinski definition) is 4. The maximum Gasteiger partial charge on any atom is 0.168 e. The van der Waals surface area contributed by atoms with Crippen molar-refractivity contribution in [3.63, 3.8) is 0 Å². The molecular formula is C19H33NO2S. The summed E-state index contributed by atoms with van der Waals surface area (Å²) in [6.07, 6.45) is 3.81. The van der Waals surface area contributed by atoms with E-state index in [4.69, 9.17) is 4.99 Å². The van der Waals surface area contributed by atoms with Crippen LogP contribution in [-0.4, -0.2) is 33.1 Å². The van der Waals surface area contributed by atoms with Gasteiger partial charge in [-0.1, -0.05) is 27.2 Å². The normalized spacial score (nSPS) is 21.7. The van der Waals surface area contributed by atoms with E-state index in [0.29, 0.717) is 23.7 Å². The molecule has 1 aliphatic rings. The van der Waals surface area contributed by atoms with E-state index in [-0.39, 0.29) is 23.0 Å². The van der Waals surface area contributed by atoms with Crippen molar-refractivity contribution in [2.45, 2.75) is 84.4 Å². The Hall–Kier alpha value is -0.770. The van der Waals surface area contributed by atoms with Crippen LogP contribution in [0, 0.1) is 5.92 Å². The highest BCUT2D eigenvalue weighted by molar-refractivity contribution is 7.99. The van der Waals surface area contributed by atoms with Gasteiger partial charge in [-0.05, 0) is 45.3 Å². The summed E-state index contributed by atoms with van der Waals surface area (Å²) in [5.74, 6) is 1.69. The lowest BCUT2D eigenvalue weighted by molar-refractivity contribution is -0.116. The third kappa shape index (κ3) is 6.70. The number of thioether (sulfide) groups is 1. The number of nitrogens with zero attached hydrogens (tertiary/aromatic N) is 1. The summed E-state index contributed by atoms with van der Waals surface area (Å²) < 4.78 is 0. The molecule has 0 aromatic rings. The maximum absolute atomic E-state index is 12.7. The monoisotopic (exact) mass is 339 g/mol. The molecule has 4 heteroatoms. The summed E-state index contributed by atoms with van der Waals surface area (Å²) >= 11 is 1.92. The zero-order chi connectivity index (χ0) is 17.6. The summed E-state index contributed by atoms with van der Waals surface area (Å²) in [6, 6.07) is 0. The molecule has 1 rings (SSSR count). The summed E-state index contributed by atoms with van der Waals surface area (Å²) in [5, 5.41) is 11.1. The molecule has 0 aliphatic heterocycles. The van der Waals surface area contributed by atoms with Gasteiger partial charge in [0.2, 0.25) is 0 Å². The van der Waals surface area contributed by atoms with Gasteiger partial charge >= 0.3 is 0 Å². The largest absolute Gasteiger partial charge is 0.511 e. The van der Waals surface area contributed by atoms with E-state index < -0.39 is 0 Å². The van der Waals surface area contributed by atoms with Crippen molar-refractivity contribution in [1.29, 1.82) is 0 Å². The van der Waals surface area contributed by atoms with Gasteiger partial charge in [-0.3, -0.25) is 9.79 Å². The lowest BCUT2D eigenvalue weighted by atomic mass is 9.82. The Bertz CT molecular complexity index is 474. The van der Waals surface area contributed by atoms with E-state index in [1.54, 1.807) is 0 Å². The number of ketones is 1. The molecule has 1 N–H and O–H groups in total. The van der Waals surface area contributed by atoms with Crippen LogP contribution >= 0.6 is 11.8 Å². The van der Waals surface area contributed by atoms with Crippen LogP contribution in [0.25, 0.3) is 0 Å². The lowest BCUT2D eigenvalue weighted by Gasteiger charge is -2.27. The Morgan fingerprint density at radius 3 is 2.48 bits per heavy atom. The van der Waals surface area contributed by atoms with E-state index in [0.717, 1.165) is 30.7 Å². The highest BCUT2D eigenvalue weighted by atomic mass is 32.2. The summed E-state index contributed by atoms with van der Waals surface area (Å²) in [5.41, 5.74) is 1.06. The molecule has 0 saturated carbocycles. The van der Waals surface area contributed by atoms with Crippen molar-refractivity contribution in [3.8, 4) is 0 Å². The topological polar surface area (TPSA) is 49.7 Å². The number of aliphatic hydroxyl groups is 1. The highest BCUT2D eigenvalue weighted by Gasteiger charge is 2.31. The van der Waals surface area contributed by atoms with Gasteiger partial charge in [0.1, 0.15) is 5.76 Å². The second kappa shape index (κ2) is 8.91. The van der Waals surface area contributed by atoms with Gasteiger partial charge in [0.25, 0.3) is 0 Å². The summed E-state index contributed by atoms with van der Waals surface area (Å²) in [7, 11) is 0. The molecule has 0 heterocycles. The molecule has 0 aromatic carbocycles. The van der Waals surface area contributed by atoms with Gasteiger partial charge in [0, 0.05) is 23.8 Å². The number of hydrogen-bond donors (Lipinski definition) is 1. The lowest BCUT2D eigenvalue weighted by Crippen LogP contribution is -2.27. The first kappa shape index (κ1) is 20.3. The Morgan fingerprint density at radius 1 is 1.35 bits per heavy atom. The molecule has 132 valence electrons. The van der Waals surface area contributed by atoms with Crippen LogP contribution < -0.4 is 0 Å². The number of carbonyl (C=O) groups excluding carboxylic acids is 1. The van der Waals surface area contributed by atoms with Gasteiger partial charge in [0.05, 0.1) is 11.1 Å². The average molecular weight is 340 g/mol. The molecule has 1 unspecified atom stereocenters. The zero-order valence-electron chi connectivity index (χ0n) is 15.6. The van der Waals surface area contributed by atoms with Crippen molar-refractivity contribution >= 4 is 23.3 Å². The molecule has 0 aromatic heterocycles. The minimum absolute atomic E-state index is 0.0731. The van der Waals surface area contributed by atoms with E-state index in [1.165, 1.54) is 0 Å². The number of rotatable bonds is 7. The summed E-state index contributed by atoms with van der Waals surface area (Å²) in [4.78, 5) is 17.4. The molecule has 0 fully saturated rings. The maximum atomic E-state index is 12.7. The number of Topliss-reactive ketones (excluding diaryl/α,β-unsaturated/α-hetero) is 1. The van der Waals surface area contributed by atoms with Gasteiger partial charge in [-0.2, -0.15) is 11.8 Å². The first-order valence-electron chi connectivity index (χ1n) is 8.83. The first-order chi connectivity index (χ1) is 10.7. The molecule has 1 aliphatic carbocycles. The third-order valence-electron chi connectivity index (χ3n) is 3.89. The Labute approximate surface area is 146 Å². The first-order valence-corrected chi connectivity index (χ1v) is 9.88. The van der Waals surface area contributed by atoms with Gasteiger partial charge in [0.15, 0.2) is 5.78 Å². The molecule has 0 bridgehead atoms. The van der Waals surface area contributed by atoms with Crippen molar-refractivity contribution < 1.29 is 9.90 Å². The smallest absolute Gasteiger partial charge is 0.168 e. The average Bonchev–Trinajstić information content (AvgIpc) is 2.36. The van der Waals surface area contributed by atoms with Crippen molar-refractivity contribution in [3.05, 3.63) is 11.3 Å². The molecule has 23 heavy (non-hydrogen) atoms. The van der Waals surface area contributed by atoms with Crippen LogP contribution in [0.2, 0.25) is 0 Å². The van der Waals surface area contributed by atoms with Crippen molar-refractivity contribution in [2.24, 2.45) is 10.9 Å². The van der Waals surface area contributed by atoms with Crippen LogP contribution in [0.3, 0.4) is 0 Å². The molecule has 3 nitrogen and oxygen atoms in total. The van der Waals surface area contributed by atoms with Crippen molar-refractivity contribution in [2.75, 3.05) is 5.75 Å². The van der Waals surface area contributed by atoms with Gasteiger partial charge in [-0.25, -0.2) is 0 Å². The number of allylic oxidation sites excluding steroid dienone is 2. The fraction of sp³-hybridized carbons (Fsp3) is 0.789. The van der Waals surface area contributed by atoms with Crippen LogP contribution in [0.1, 0.15) is 73.6 Å². The second-order valence-electron chi connectivity index (χ2n) is 7.50. The molecule has 0 amide bonds. The van der Waals surface area contributed by atoms with Gasteiger partial charge in [-0.15, -0.1) is 0 Å². The van der Waals surface area contributed by atoms with Gasteiger partial charge < -0.3 is 5.11 Å². The van der Waals surface area contributed by atoms with E-state index in [1.807, 2.05) is 32.5 Å². The number of carbonyl (C=O) groups is 1. The Balaban J connectivity index is 2.98. The molecule has 0 radical (unpaired) electrons. The van der Waals surface area contributed by atoms with Crippen LogP contribution in [0.4, 0.5) is 0 Å². The third-order valence-corrected chi connectivity index (χ3v) is 4.98. The van der Waals surface area contributed by atoms with Crippen molar-refractivity contribution in [1.82, 2.24) is 0 Å². The number of aliphatic imine (C=N–C) groups is 1. The minimum atomic E-state index is -0.235. The Kier molecular flexibility index (Phi) is 7.85. The standard InChI is InChI=1S/C19H33NO2S/c1-7-9-15(20-19(4,5)6)18-16(21)11-14(12-17(18)22)10-13(3)23-8-2/h13-14,21H,7-12H2,1-6H3/t13-,14?/m0/s1. The predicted octanol–water partition coefficient (Wildman–Crippen LogP) is 5.35. The number of aliphatic hydroxyl groups excluding tert-OH is 1. The fourth-order valence-corrected chi connectivity index (χ4v) is 4.14. The molecular weight excluding hydrogens is 306 g/mol. The van der Waals surface area contributed by atoms with E-state index in [9.17, 15) is 9.90 Å². The minimum Gasteiger partial charge on any atom is -0.511 e. The highest BCUT2D eigenvalue weighted by Crippen LogP contribution is 2.33. The molecule has 2 atom stereocenters. The second-order valence-corrected chi connectivity index (χ2v) is 9.22. The van der Waals surface area contributed by atoms with E-state index in [2.05, 4.69) is 20.8 Å². The fourth-order valence-electron chi connectivity index (χ4n) is 3.17. The van der Waals surface area contributed by atoms with E-state index >= 15 is 0 Å². The van der Waals surface area contributed by atoms with Crippen LogP contribution in [-0.2, 0) is 4.79 Å². The van der Waals surface area contributed by atoms with Crippen LogP contribution in [0.5, 0.6) is 0 Å². The molecule has 0 saturated heterocycles. The quantitative estimate of drug-likeness (QED) is 0.636. The summed E-state index contributed by atoms with van der Waals surface area (Å²) in [6.45, 7) is 12.5.